The normalized spacial score (nSPS) is 19.7. The van der Waals surface area contributed by atoms with Crippen LogP contribution in [0.15, 0.2) is 58.1 Å². The fraction of sp³-hybridized carbons (Fsp3) is 0.476. The van der Waals surface area contributed by atoms with E-state index in [4.69, 9.17) is 4.42 Å². The van der Waals surface area contributed by atoms with E-state index in [2.05, 4.69) is 50.9 Å². The Labute approximate surface area is 161 Å². The zero-order chi connectivity index (χ0) is 19.1. The van der Waals surface area contributed by atoms with Crippen molar-refractivity contribution in [3.8, 4) is 0 Å². The average Bonchev–Trinajstić information content (AvgIpc) is 3.37. The molecule has 3 N–H and O–H groups in total. The number of nitrogens with zero attached hydrogens (tertiary/aromatic N) is 2. The quantitative estimate of drug-likeness (QED) is 0.516. The van der Waals surface area contributed by atoms with Gasteiger partial charge in [0, 0.05) is 31.9 Å². The van der Waals surface area contributed by atoms with Gasteiger partial charge in [-0.25, -0.2) is 4.99 Å². The highest BCUT2D eigenvalue weighted by Crippen LogP contribution is 2.23. The number of benzene rings is 1. The van der Waals surface area contributed by atoms with Gasteiger partial charge in [0.05, 0.1) is 12.8 Å². The van der Waals surface area contributed by atoms with E-state index < -0.39 is 5.60 Å². The number of aliphatic imine (C=N–C) groups is 1. The first-order chi connectivity index (χ1) is 13.1. The number of para-hydroxylation sites is 1. The summed E-state index contributed by atoms with van der Waals surface area (Å²) in [5, 5.41) is 17.2. The molecule has 0 spiro atoms. The number of hydrogen-bond acceptors (Lipinski definition) is 4. The van der Waals surface area contributed by atoms with E-state index >= 15 is 0 Å². The smallest absolute Gasteiger partial charge is 0.191 e. The minimum absolute atomic E-state index is 0.233. The average molecular weight is 370 g/mol. The number of furan rings is 1. The Bertz CT molecular complexity index is 713. The van der Waals surface area contributed by atoms with Crippen molar-refractivity contribution in [1.29, 1.82) is 0 Å². The molecule has 3 rings (SSSR count). The lowest BCUT2D eigenvalue weighted by atomic mass is 10.0. The molecule has 1 aromatic heterocycles. The largest absolute Gasteiger partial charge is 0.466 e. The maximum atomic E-state index is 10.6. The third kappa shape index (κ3) is 5.26. The topological polar surface area (TPSA) is 73.0 Å². The Hall–Kier alpha value is -2.47. The monoisotopic (exact) mass is 370 g/mol. The molecule has 1 aromatic carbocycles. The second kappa shape index (κ2) is 8.95. The lowest BCUT2D eigenvalue weighted by molar-refractivity contribution is 0.0437. The van der Waals surface area contributed by atoms with Gasteiger partial charge in [-0.15, -0.1) is 0 Å². The zero-order valence-electron chi connectivity index (χ0n) is 16.2. The SMILES string of the molecule is CCNC(=NCC(C)(O)c1ccco1)NCC1CCN(c2ccccc2)C1. The summed E-state index contributed by atoms with van der Waals surface area (Å²) in [6.07, 6.45) is 2.72. The maximum absolute atomic E-state index is 10.6. The summed E-state index contributed by atoms with van der Waals surface area (Å²) < 4.78 is 5.32. The molecule has 0 aliphatic carbocycles. The maximum Gasteiger partial charge on any atom is 0.191 e. The van der Waals surface area contributed by atoms with E-state index in [-0.39, 0.29) is 6.54 Å². The van der Waals surface area contributed by atoms with Gasteiger partial charge in [-0.3, -0.25) is 0 Å². The first-order valence-corrected chi connectivity index (χ1v) is 9.67. The van der Waals surface area contributed by atoms with E-state index in [9.17, 15) is 5.11 Å². The molecule has 1 fully saturated rings. The predicted molar refractivity (Wildman–Crippen MR) is 109 cm³/mol. The molecular weight excluding hydrogens is 340 g/mol. The van der Waals surface area contributed by atoms with Crippen LogP contribution in [0.5, 0.6) is 0 Å². The summed E-state index contributed by atoms with van der Waals surface area (Å²) in [6, 6.07) is 14.1. The van der Waals surface area contributed by atoms with Crippen LogP contribution in [-0.4, -0.2) is 43.8 Å². The fourth-order valence-electron chi connectivity index (χ4n) is 3.35. The molecule has 1 saturated heterocycles. The first kappa shape index (κ1) is 19.3. The van der Waals surface area contributed by atoms with Crippen molar-refractivity contribution in [2.24, 2.45) is 10.9 Å². The standard InChI is InChI=1S/C21H30N4O2/c1-3-22-20(24-16-21(2,26)19-10-7-13-27-19)23-14-17-11-12-25(15-17)18-8-5-4-6-9-18/h4-10,13,17,26H,3,11-12,14-16H2,1-2H3,(H2,22,23,24). The predicted octanol–water partition coefficient (Wildman–Crippen LogP) is 2.57. The number of rotatable bonds is 7. The van der Waals surface area contributed by atoms with Gasteiger partial charge < -0.3 is 25.1 Å². The second-order valence-corrected chi connectivity index (χ2v) is 7.26. The van der Waals surface area contributed by atoms with Gasteiger partial charge in [-0.05, 0) is 50.5 Å². The number of anilines is 1. The van der Waals surface area contributed by atoms with E-state index in [1.165, 1.54) is 5.69 Å². The van der Waals surface area contributed by atoms with E-state index in [0.29, 0.717) is 11.7 Å². The zero-order valence-corrected chi connectivity index (χ0v) is 16.2. The van der Waals surface area contributed by atoms with Gasteiger partial charge in [0.1, 0.15) is 11.4 Å². The molecule has 0 saturated carbocycles. The first-order valence-electron chi connectivity index (χ1n) is 9.67. The van der Waals surface area contributed by atoms with Gasteiger partial charge in [-0.2, -0.15) is 0 Å². The van der Waals surface area contributed by atoms with Crippen molar-refractivity contribution >= 4 is 11.6 Å². The van der Waals surface area contributed by atoms with Crippen LogP contribution in [0.4, 0.5) is 5.69 Å². The number of guanidine groups is 1. The van der Waals surface area contributed by atoms with Gasteiger partial charge in [0.2, 0.25) is 0 Å². The molecular formula is C21H30N4O2. The molecule has 2 heterocycles. The van der Waals surface area contributed by atoms with Crippen molar-refractivity contribution < 1.29 is 9.52 Å². The Balaban J connectivity index is 1.52. The molecule has 6 heteroatoms. The minimum atomic E-state index is -1.12. The van der Waals surface area contributed by atoms with Crippen molar-refractivity contribution in [3.05, 3.63) is 54.5 Å². The van der Waals surface area contributed by atoms with Crippen molar-refractivity contribution in [2.45, 2.75) is 25.9 Å². The summed E-state index contributed by atoms with van der Waals surface area (Å²) in [7, 11) is 0. The van der Waals surface area contributed by atoms with Gasteiger partial charge in [0.15, 0.2) is 5.96 Å². The van der Waals surface area contributed by atoms with Crippen LogP contribution in [-0.2, 0) is 5.60 Å². The Kier molecular flexibility index (Phi) is 6.40. The van der Waals surface area contributed by atoms with Crippen LogP contribution >= 0.6 is 0 Å². The molecule has 1 aliphatic heterocycles. The summed E-state index contributed by atoms with van der Waals surface area (Å²) in [4.78, 5) is 6.98. The van der Waals surface area contributed by atoms with Crippen LogP contribution in [0.25, 0.3) is 0 Å². The van der Waals surface area contributed by atoms with Crippen molar-refractivity contribution in [3.63, 3.8) is 0 Å². The summed E-state index contributed by atoms with van der Waals surface area (Å²) in [5.74, 6) is 1.82. The molecule has 0 bridgehead atoms. The Morgan fingerprint density at radius 3 is 2.78 bits per heavy atom. The number of aliphatic hydroxyl groups is 1. The number of hydrogen-bond donors (Lipinski definition) is 3. The molecule has 2 aromatic rings. The summed E-state index contributed by atoms with van der Waals surface area (Å²) in [6.45, 7) is 7.74. The third-order valence-corrected chi connectivity index (χ3v) is 4.91. The Morgan fingerprint density at radius 2 is 2.07 bits per heavy atom. The summed E-state index contributed by atoms with van der Waals surface area (Å²) >= 11 is 0. The van der Waals surface area contributed by atoms with Crippen molar-refractivity contribution in [2.75, 3.05) is 37.6 Å². The second-order valence-electron chi connectivity index (χ2n) is 7.26. The molecule has 146 valence electrons. The van der Waals surface area contributed by atoms with Crippen LogP contribution < -0.4 is 15.5 Å². The number of nitrogens with one attached hydrogen (secondary N) is 2. The van der Waals surface area contributed by atoms with Gasteiger partial charge in [0.25, 0.3) is 0 Å². The molecule has 0 amide bonds. The molecule has 6 nitrogen and oxygen atoms in total. The highest BCUT2D eigenvalue weighted by molar-refractivity contribution is 5.79. The van der Waals surface area contributed by atoms with Crippen LogP contribution in [0, 0.1) is 5.92 Å². The molecule has 2 atom stereocenters. The van der Waals surface area contributed by atoms with E-state index in [1.807, 2.05) is 6.92 Å². The van der Waals surface area contributed by atoms with Crippen molar-refractivity contribution in [1.82, 2.24) is 10.6 Å². The highest BCUT2D eigenvalue weighted by Gasteiger charge is 2.26. The lowest BCUT2D eigenvalue weighted by Gasteiger charge is -2.21. The minimum Gasteiger partial charge on any atom is -0.466 e. The fourth-order valence-corrected chi connectivity index (χ4v) is 3.35. The third-order valence-electron chi connectivity index (χ3n) is 4.91. The Morgan fingerprint density at radius 1 is 1.26 bits per heavy atom. The molecule has 1 aliphatic rings. The lowest BCUT2D eigenvalue weighted by Crippen LogP contribution is -2.41. The highest BCUT2D eigenvalue weighted by atomic mass is 16.4. The van der Waals surface area contributed by atoms with Gasteiger partial charge in [-0.1, -0.05) is 18.2 Å². The van der Waals surface area contributed by atoms with Crippen LogP contribution in [0.1, 0.15) is 26.0 Å². The van der Waals surface area contributed by atoms with Gasteiger partial charge >= 0.3 is 0 Å². The van der Waals surface area contributed by atoms with E-state index in [0.717, 1.165) is 38.6 Å². The molecule has 0 radical (unpaired) electrons. The summed E-state index contributed by atoms with van der Waals surface area (Å²) in [5.41, 5.74) is 0.165. The van der Waals surface area contributed by atoms with Crippen LogP contribution in [0.3, 0.4) is 0 Å². The molecule has 2 unspecified atom stereocenters. The molecule has 27 heavy (non-hydrogen) atoms. The van der Waals surface area contributed by atoms with E-state index in [1.54, 1.807) is 25.3 Å². The van der Waals surface area contributed by atoms with Crippen LogP contribution in [0.2, 0.25) is 0 Å².